The van der Waals surface area contributed by atoms with Crippen molar-refractivity contribution in [1.82, 2.24) is 25.9 Å². The van der Waals surface area contributed by atoms with Crippen LogP contribution in [0, 0.1) is 0 Å². The van der Waals surface area contributed by atoms with Crippen LogP contribution in [0.15, 0.2) is 113 Å². The molecule has 14 rings (SSSR count). The molecule has 0 saturated heterocycles. The summed E-state index contributed by atoms with van der Waals surface area (Å²) >= 11 is 0. The van der Waals surface area contributed by atoms with E-state index >= 15 is 0 Å². The zero-order chi connectivity index (χ0) is 60.8. The van der Waals surface area contributed by atoms with Gasteiger partial charge in [0.2, 0.25) is 0 Å². The minimum Gasteiger partial charge on any atom is -0.388 e. The first-order valence-electron chi connectivity index (χ1n) is 34.9. The number of amidine groups is 3. The van der Waals surface area contributed by atoms with Crippen LogP contribution in [-0.4, -0.2) is 88.7 Å². The molecule has 3 aliphatic heterocycles. The first kappa shape index (κ1) is 59.6. The fourth-order valence-corrected chi connectivity index (χ4v) is 15.1. The van der Waals surface area contributed by atoms with Crippen LogP contribution in [0.4, 0.5) is 34.4 Å². The third-order valence-corrected chi connectivity index (χ3v) is 20.1. The van der Waals surface area contributed by atoms with Gasteiger partial charge in [-0.3, -0.25) is 0 Å². The number of aliphatic imine (C=N–C) groups is 6. The highest BCUT2D eigenvalue weighted by molar-refractivity contribution is 6.24. The molecule has 2 atom stereocenters. The Morgan fingerprint density at radius 2 is 1.02 bits per heavy atom. The van der Waals surface area contributed by atoms with Crippen molar-refractivity contribution in [1.29, 1.82) is 0 Å². The lowest BCUT2D eigenvalue weighted by Gasteiger charge is -2.27. The molecular weight excluding hydrogens is 1120 g/mol. The standard InChI is InChI=1S/C72H94N18/c1-4-21-44(5-2)74-70(75-45-22-11-6-12-23-45)80-51-33-37-55-59(41-51)68-86-63(55)84-66-58-40-50(73-3)32-36-54(58)62(83-66)85-67-60-42-52(81-71(76-46-24-13-7-14-25-46)77-47-26-15-8-16-27-47)34-38-56(60)64(87-67)89-69-61-43-53(35-39-57(61)65(88-68)90-69)82-72(78-48-28-17-9-18-29-48)79-49-30-19-10-20-31-49/h32-49,64,73,83H,4-31H2,1-3H3,(H,85,87)(H2,74,75,80)(H2,76,77,81)(H2,78,79,82)(H,84,86,88,89,90). The van der Waals surface area contributed by atoms with Crippen molar-refractivity contribution in [2.75, 3.05) is 33.6 Å². The Labute approximate surface area is 530 Å². The lowest BCUT2D eigenvalue weighted by Crippen LogP contribution is -2.41. The molecule has 5 fully saturated rings. The molecule has 2 unspecified atom stereocenters. The molecule has 90 heavy (non-hydrogen) atoms. The molecule has 5 saturated carbocycles. The lowest BCUT2D eigenvalue weighted by atomic mass is 9.95. The van der Waals surface area contributed by atoms with Gasteiger partial charge in [0.15, 0.2) is 35.7 Å². The molecule has 2 aromatic heterocycles. The van der Waals surface area contributed by atoms with Gasteiger partial charge in [-0.25, -0.2) is 39.9 Å². The number of rotatable bonds is 13. The van der Waals surface area contributed by atoms with Crippen LogP contribution in [-0.2, 0) is 0 Å². The largest absolute Gasteiger partial charge is 0.388 e. The molecule has 0 spiro atoms. The summed E-state index contributed by atoms with van der Waals surface area (Å²) in [7, 11) is 1.95. The lowest BCUT2D eigenvalue weighted by molar-refractivity contribution is 0.408. The predicted molar refractivity (Wildman–Crippen MR) is 373 cm³/mol. The maximum absolute atomic E-state index is 5.62. The van der Waals surface area contributed by atoms with Crippen LogP contribution < -0.4 is 53.5 Å². The van der Waals surface area contributed by atoms with Crippen molar-refractivity contribution in [2.45, 2.75) is 236 Å². The van der Waals surface area contributed by atoms with E-state index < -0.39 is 6.17 Å². The minimum absolute atomic E-state index is 0.284. The van der Waals surface area contributed by atoms with E-state index in [0.29, 0.717) is 64.5 Å². The molecule has 472 valence electrons. The van der Waals surface area contributed by atoms with Gasteiger partial charge in [0, 0.05) is 91.7 Å². The third-order valence-electron chi connectivity index (χ3n) is 20.1. The number of hydrogen-bond donors (Lipinski definition) is 10. The topological polar surface area (TPSA) is 227 Å². The van der Waals surface area contributed by atoms with E-state index in [9.17, 15) is 0 Å². The van der Waals surface area contributed by atoms with Gasteiger partial charge in [-0.2, -0.15) is 0 Å². The van der Waals surface area contributed by atoms with Gasteiger partial charge in [-0.15, -0.1) is 0 Å². The molecule has 5 heterocycles. The maximum atomic E-state index is 5.62. The number of aromatic amines is 2. The zero-order valence-corrected chi connectivity index (χ0v) is 53.3. The first-order valence-corrected chi connectivity index (χ1v) is 34.9. The monoisotopic (exact) mass is 1210 g/mol. The zero-order valence-electron chi connectivity index (χ0n) is 53.3. The second-order valence-corrected chi connectivity index (χ2v) is 26.8. The number of nitrogens with one attached hydrogen (secondary N) is 10. The van der Waals surface area contributed by atoms with Gasteiger partial charge in [0.1, 0.15) is 28.4 Å². The van der Waals surface area contributed by atoms with Gasteiger partial charge >= 0.3 is 0 Å². The van der Waals surface area contributed by atoms with E-state index in [0.717, 1.165) is 174 Å². The Hall–Kier alpha value is -8.02. The fourth-order valence-electron chi connectivity index (χ4n) is 15.1. The summed E-state index contributed by atoms with van der Waals surface area (Å²) in [5, 5.41) is 34.1. The SMILES string of the molecule is CCCC(CC)NC(=NC1CCCCC1)Nc1ccc2c3[nH]c(c2c1)=NC1=NC(=NC2N=C(Nc4[nH]c(c5cc(NC)ccc45)N=3)c3cc(NC(=NC4CCCCC4)NC4CCCCC4)ccc32)c2cc(NC(=NC3CCCCC3)NC3CCCCC3)ccc21. The Kier molecular flexibility index (Phi) is 18.3. The van der Waals surface area contributed by atoms with E-state index in [2.05, 4.69) is 139 Å². The van der Waals surface area contributed by atoms with Crippen LogP contribution in [0.2, 0.25) is 0 Å². The average molecular weight is 1210 g/mol. The molecule has 8 aliphatic rings. The van der Waals surface area contributed by atoms with E-state index in [4.69, 9.17) is 39.9 Å². The number of aromatic nitrogens is 2. The predicted octanol–water partition coefficient (Wildman–Crippen LogP) is 14.7. The Bertz CT molecular complexity index is 3870. The molecule has 10 N–H and O–H groups in total. The second-order valence-electron chi connectivity index (χ2n) is 26.8. The summed E-state index contributed by atoms with van der Waals surface area (Å²) < 4.78 is 0. The van der Waals surface area contributed by atoms with Gasteiger partial charge in [-0.05, 0) is 144 Å². The molecule has 18 heteroatoms. The molecule has 6 aromatic rings. The fraction of sp³-hybridized carbons (Fsp3) is 0.528. The van der Waals surface area contributed by atoms with Crippen LogP contribution in [0.5, 0.6) is 0 Å². The van der Waals surface area contributed by atoms with E-state index in [-0.39, 0.29) is 6.04 Å². The van der Waals surface area contributed by atoms with Crippen molar-refractivity contribution in [3.63, 3.8) is 0 Å². The van der Waals surface area contributed by atoms with Gasteiger partial charge in [0.25, 0.3) is 0 Å². The van der Waals surface area contributed by atoms with Crippen molar-refractivity contribution in [3.05, 3.63) is 106 Å². The highest BCUT2D eigenvalue weighted by atomic mass is 15.2. The van der Waals surface area contributed by atoms with E-state index in [1.165, 1.54) is 96.3 Å². The van der Waals surface area contributed by atoms with Gasteiger partial charge < -0.3 is 52.5 Å². The number of nitrogens with zero attached hydrogens (tertiary/aromatic N) is 8. The summed E-state index contributed by atoms with van der Waals surface area (Å²) in [6, 6.07) is 27.9. The van der Waals surface area contributed by atoms with Crippen LogP contribution in [0.3, 0.4) is 0 Å². The summed E-state index contributed by atoms with van der Waals surface area (Å²) in [5.41, 5.74) is 8.74. The number of benzene rings is 4. The van der Waals surface area contributed by atoms with Crippen molar-refractivity contribution >= 4 is 91.3 Å². The first-order chi connectivity index (χ1) is 44.3. The Morgan fingerprint density at radius 1 is 0.489 bits per heavy atom. The highest BCUT2D eigenvalue weighted by Gasteiger charge is 2.32. The summed E-state index contributed by atoms with van der Waals surface area (Å²) in [5.74, 6) is 5.84. The summed E-state index contributed by atoms with van der Waals surface area (Å²) in [6.45, 7) is 4.51. The summed E-state index contributed by atoms with van der Waals surface area (Å²) in [4.78, 5) is 51.4. The smallest absolute Gasteiger partial charge is 0.196 e. The minimum atomic E-state index is -0.630. The molecule has 5 aliphatic carbocycles. The normalized spacial score (nSPS) is 21.0. The number of hydrogen-bond acceptors (Lipinski definition) is 10. The quantitative estimate of drug-likeness (QED) is 0.0394. The second kappa shape index (κ2) is 27.6. The van der Waals surface area contributed by atoms with Crippen LogP contribution in [0.1, 0.15) is 222 Å². The highest BCUT2D eigenvalue weighted by Crippen LogP contribution is 2.39. The van der Waals surface area contributed by atoms with Crippen molar-refractivity contribution in [3.8, 4) is 0 Å². The Balaban J connectivity index is 0.910. The Morgan fingerprint density at radius 3 is 1.64 bits per heavy atom. The molecule has 0 amide bonds. The number of H-pyrrole nitrogens is 2. The maximum Gasteiger partial charge on any atom is 0.196 e. The van der Waals surface area contributed by atoms with Gasteiger partial charge in [-0.1, -0.05) is 123 Å². The number of guanidine groups is 3. The molecule has 8 bridgehead atoms. The average Bonchev–Trinajstić information content (AvgIpc) is 1.65. The molecular formula is C72H94N18. The van der Waals surface area contributed by atoms with E-state index in [1.54, 1.807) is 0 Å². The van der Waals surface area contributed by atoms with E-state index in [1.807, 2.05) is 7.05 Å². The molecule has 18 nitrogen and oxygen atoms in total. The third kappa shape index (κ3) is 13.7. The number of anilines is 5. The van der Waals surface area contributed by atoms with Crippen molar-refractivity contribution in [2.24, 2.45) is 39.9 Å². The number of fused-ring (bicyclic) bond motifs is 18. The van der Waals surface area contributed by atoms with Crippen LogP contribution >= 0.6 is 0 Å². The van der Waals surface area contributed by atoms with Crippen molar-refractivity contribution < 1.29 is 0 Å². The molecule has 0 radical (unpaired) electrons. The van der Waals surface area contributed by atoms with Gasteiger partial charge in [0.05, 0.1) is 18.1 Å². The molecule has 4 aromatic carbocycles. The van der Waals surface area contributed by atoms with Crippen LogP contribution in [0.25, 0.3) is 21.5 Å². The summed E-state index contributed by atoms with van der Waals surface area (Å²) in [6.07, 6.45) is 32.6.